The predicted molar refractivity (Wildman–Crippen MR) is 114 cm³/mol. The molecule has 1 aliphatic rings. The maximum absolute atomic E-state index is 12.4. The van der Waals surface area contributed by atoms with Crippen molar-refractivity contribution >= 4 is 29.3 Å². The van der Waals surface area contributed by atoms with Crippen LogP contribution in [0.3, 0.4) is 0 Å². The van der Waals surface area contributed by atoms with Crippen molar-refractivity contribution in [1.82, 2.24) is 15.5 Å². The van der Waals surface area contributed by atoms with E-state index < -0.39 is 16.7 Å². The van der Waals surface area contributed by atoms with Gasteiger partial charge in [-0.05, 0) is 18.1 Å². The van der Waals surface area contributed by atoms with E-state index in [9.17, 15) is 29.3 Å². The molecule has 10 nitrogen and oxygen atoms in total. The number of nitrogens with one attached hydrogen (secondary N) is 2. The fourth-order valence-corrected chi connectivity index (χ4v) is 3.33. The highest BCUT2D eigenvalue weighted by Gasteiger charge is 2.36. The number of carbonyl (C=O) groups is 4. The summed E-state index contributed by atoms with van der Waals surface area (Å²) < 4.78 is 0. The summed E-state index contributed by atoms with van der Waals surface area (Å²) in [6, 6.07) is 12.8. The summed E-state index contributed by atoms with van der Waals surface area (Å²) in [6.07, 6.45) is 0.601. The molecule has 0 saturated carbocycles. The fourth-order valence-electron chi connectivity index (χ4n) is 3.33. The van der Waals surface area contributed by atoms with Crippen LogP contribution in [0.5, 0.6) is 0 Å². The van der Waals surface area contributed by atoms with Gasteiger partial charge in [0.1, 0.15) is 0 Å². The smallest absolute Gasteiger partial charge is 0.270 e. The number of rotatable bonds is 10. The first-order chi connectivity index (χ1) is 15.4. The third kappa shape index (κ3) is 5.54. The van der Waals surface area contributed by atoms with Gasteiger partial charge < -0.3 is 10.6 Å². The summed E-state index contributed by atoms with van der Waals surface area (Å²) >= 11 is 0. The third-order valence-corrected chi connectivity index (χ3v) is 4.93. The zero-order chi connectivity index (χ0) is 23.1. The number of carbonyl (C=O) groups excluding carboxylic acids is 4. The van der Waals surface area contributed by atoms with E-state index in [0.717, 1.165) is 16.5 Å². The highest BCUT2D eigenvalue weighted by Crippen LogP contribution is 2.26. The molecule has 10 heteroatoms. The molecule has 0 fully saturated rings. The Bertz CT molecular complexity index is 1050. The van der Waals surface area contributed by atoms with Crippen LogP contribution in [-0.4, -0.2) is 53.1 Å². The number of nitro groups is 1. The third-order valence-electron chi connectivity index (χ3n) is 4.93. The normalized spacial score (nSPS) is 12.4. The largest absolute Gasteiger partial charge is 0.354 e. The fraction of sp³-hybridized carbons (Fsp3) is 0.273. The number of amides is 4. The molecule has 1 aliphatic heterocycles. The molecule has 2 aromatic carbocycles. The zero-order valence-corrected chi connectivity index (χ0v) is 17.2. The van der Waals surface area contributed by atoms with Crippen LogP contribution in [0.1, 0.15) is 39.1 Å². The van der Waals surface area contributed by atoms with Crippen LogP contribution in [-0.2, 0) is 16.0 Å². The van der Waals surface area contributed by atoms with Gasteiger partial charge in [-0.1, -0.05) is 30.3 Å². The van der Waals surface area contributed by atoms with Crippen LogP contribution >= 0.6 is 0 Å². The van der Waals surface area contributed by atoms with Crippen molar-refractivity contribution in [3.8, 4) is 0 Å². The Morgan fingerprint density at radius 3 is 2.25 bits per heavy atom. The Morgan fingerprint density at radius 2 is 1.56 bits per heavy atom. The van der Waals surface area contributed by atoms with Gasteiger partial charge in [-0.15, -0.1) is 0 Å². The van der Waals surface area contributed by atoms with Gasteiger partial charge in [0.15, 0.2) is 0 Å². The van der Waals surface area contributed by atoms with Gasteiger partial charge in [0.2, 0.25) is 11.8 Å². The molecule has 166 valence electrons. The summed E-state index contributed by atoms with van der Waals surface area (Å²) in [5.74, 6) is -1.54. The molecule has 2 N–H and O–H groups in total. The van der Waals surface area contributed by atoms with Gasteiger partial charge in [-0.2, -0.15) is 0 Å². The average molecular weight is 438 g/mol. The summed E-state index contributed by atoms with van der Waals surface area (Å²) in [5.41, 5.74) is 0.759. The number of hydrogen-bond donors (Lipinski definition) is 2. The van der Waals surface area contributed by atoms with Gasteiger partial charge >= 0.3 is 0 Å². The maximum atomic E-state index is 12.4. The molecule has 4 amide bonds. The number of hydrogen-bond acceptors (Lipinski definition) is 6. The number of imide groups is 1. The molecule has 1 heterocycles. The monoisotopic (exact) mass is 438 g/mol. The topological polar surface area (TPSA) is 139 Å². The standard InChI is InChI=1S/C22H22N4O6/c27-19(23-10-11-24-20(28)13-15-5-2-1-3-6-15)7-4-12-25-21(29)17-9-8-16(26(31)32)14-18(17)22(25)30/h1-3,5-6,8-9,14H,4,7,10-13H2,(H,23,27)(H,24,28). The molecule has 0 atom stereocenters. The SMILES string of the molecule is O=C(CCCN1C(=O)c2ccc([N+](=O)[O-])cc2C1=O)NCCNC(=O)Cc1ccccc1. The molecule has 2 aromatic rings. The van der Waals surface area contributed by atoms with Crippen molar-refractivity contribution in [2.75, 3.05) is 19.6 Å². The van der Waals surface area contributed by atoms with Crippen molar-refractivity contribution in [3.63, 3.8) is 0 Å². The van der Waals surface area contributed by atoms with E-state index in [1.54, 1.807) is 0 Å². The second-order valence-electron chi connectivity index (χ2n) is 7.21. The highest BCUT2D eigenvalue weighted by molar-refractivity contribution is 6.21. The minimum Gasteiger partial charge on any atom is -0.354 e. The summed E-state index contributed by atoms with van der Waals surface area (Å²) in [6.45, 7) is 0.575. The number of nitrogens with zero attached hydrogens (tertiary/aromatic N) is 2. The Kier molecular flexibility index (Phi) is 7.27. The lowest BCUT2D eigenvalue weighted by Crippen LogP contribution is -2.36. The van der Waals surface area contributed by atoms with Crippen LogP contribution in [0.4, 0.5) is 5.69 Å². The van der Waals surface area contributed by atoms with Crippen molar-refractivity contribution in [2.45, 2.75) is 19.3 Å². The van der Waals surface area contributed by atoms with E-state index in [1.165, 1.54) is 12.1 Å². The summed E-state index contributed by atoms with van der Waals surface area (Å²) in [5, 5.41) is 16.3. The van der Waals surface area contributed by atoms with Gasteiger partial charge in [0.25, 0.3) is 17.5 Å². The first-order valence-electron chi connectivity index (χ1n) is 10.1. The van der Waals surface area contributed by atoms with Crippen molar-refractivity contribution in [3.05, 3.63) is 75.3 Å². The minimum absolute atomic E-state index is 0.0000965. The van der Waals surface area contributed by atoms with E-state index in [4.69, 9.17) is 0 Å². The lowest BCUT2D eigenvalue weighted by molar-refractivity contribution is -0.384. The molecular weight excluding hydrogens is 416 g/mol. The Hall–Kier alpha value is -4.08. The molecule has 0 bridgehead atoms. The Morgan fingerprint density at radius 1 is 0.906 bits per heavy atom. The Labute approximate surface area is 183 Å². The predicted octanol–water partition coefficient (Wildman–Crippen LogP) is 1.45. The van der Waals surface area contributed by atoms with E-state index in [-0.39, 0.29) is 67.5 Å². The molecule has 0 radical (unpaired) electrons. The van der Waals surface area contributed by atoms with Gasteiger partial charge in [-0.25, -0.2) is 0 Å². The first kappa shape index (κ1) is 22.6. The quantitative estimate of drug-likeness (QED) is 0.249. The number of non-ortho nitro benzene ring substituents is 1. The number of nitro benzene ring substituents is 1. The molecule has 0 aromatic heterocycles. The molecule has 0 spiro atoms. The second-order valence-corrected chi connectivity index (χ2v) is 7.21. The van der Waals surface area contributed by atoms with Crippen molar-refractivity contribution in [2.24, 2.45) is 0 Å². The van der Waals surface area contributed by atoms with Gasteiger partial charge in [0, 0.05) is 38.2 Å². The molecule has 0 unspecified atom stereocenters. The van der Waals surface area contributed by atoms with Crippen LogP contribution in [0.25, 0.3) is 0 Å². The lowest BCUT2D eigenvalue weighted by atomic mass is 10.1. The first-order valence-corrected chi connectivity index (χ1v) is 10.1. The van der Waals surface area contributed by atoms with Crippen LogP contribution in [0, 0.1) is 10.1 Å². The maximum Gasteiger partial charge on any atom is 0.270 e. The van der Waals surface area contributed by atoms with E-state index in [2.05, 4.69) is 10.6 Å². The number of fused-ring (bicyclic) bond motifs is 1. The molecule has 0 saturated heterocycles. The van der Waals surface area contributed by atoms with E-state index in [1.807, 2.05) is 30.3 Å². The summed E-state index contributed by atoms with van der Waals surface area (Å²) in [4.78, 5) is 59.8. The lowest BCUT2D eigenvalue weighted by Gasteiger charge is -2.13. The molecular formula is C22H22N4O6. The van der Waals surface area contributed by atoms with Gasteiger partial charge in [-0.3, -0.25) is 34.2 Å². The second kappa shape index (κ2) is 10.3. The van der Waals surface area contributed by atoms with Crippen LogP contribution in [0.15, 0.2) is 48.5 Å². The van der Waals surface area contributed by atoms with Crippen LogP contribution in [0.2, 0.25) is 0 Å². The van der Waals surface area contributed by atoms with E-state index >= 15 is 0 Å². The Balaban J connectivity index is 1.36. The molecule has 3 rings (SSSR count). The van der Waals surface area contributed by atoms with Crippen molar-refractivity contribution in [1.29, 1.82) is 0 Å². The van der Waals surface area contributed by atoms with Gasteiger partial charge in [0.05, 0.1) is 22.5 Å². The minimum atomic E-state index is -0.630. The zero-order valence-electron chi connectivity index (χ0n) is 17.2. The highest BCUT2D eigenvalue weighted by atomic mass is 16.6. The van der Waals surface area contributed by atoms with Crippen molar-refractivity contribution < 1.29 is 24.1 Å². The molecule has 32 heavy (non-hydrogen) atoms. The summed E-state index contributed by atoms with van der Waals surface area (Å²) in [7, 11) is 0. The average Bonchev–Trinajstić information content (AvgIpc) is 3.01. The van der Waals surface area contributed by atoms with Crippen LogP contribution < -0.4 is 10.6 Å². The number of benzene rings is 2. The molecule has 0 aliphatic carbocycles. The van der Waals surface area contributed by atoms with E-state index in [0.29, 0.717) is 0 Å².